The van der Waals surface area contributed by atoms with Crippen molar-refractivity contribution in [2.45, 2.75) is 57.7 Å². The second-order valence-corrected chi connectivity index (χ2v) is 7.72. The Labute approximate surface area is 156 Å². The molecule has 138 valence electrons. The first-order valence-electron chi connectivity index (χ1n) is 9.76. The van der Waals surface area contributed by atoms with Gasteiger partial charge in [-0.25, -0.2) is 0 Å². The Hall–Kier alpha value is -2.30. The van der Waals surface area contributed by atoms with Crippen LogP contribution in [0.5, 0.6) is 0 Å². The van der Waals surface area contributed by atoms with E-state index in [-0.39, 0.29) is 6.17 Å². The number of hydrogen-bond donors (Lipinski definition) is 1. The van der Waals surface area contributed by atoms with Gasteiger partial charge in [0.05, 0.1) is 17.6 Å². The Bertz CT molecular complexity index is 726. The third kappa shape index (κ3) is 3.48. The lowest BCUT2D eigenvalue weighted by Crippen LogP contribution is -2.45. The van der Waals surface area contributed by atoms with Gasteiger partial charge in [0.15, 0.2) is 0 Å². The highest BCUT2D eigenvalue weighted by Gasteiger charge is 2.32. The summed E-state index contributed by atoms with van der Waals surface area (Å²) in [5.74, 6) is 0.714. The number of nitrogens with zero attached hydrogens (tertiary/aromatic N) is 4. The van der Waals surface area contributed by atoms with Crippen LogP contribution in [0.4, 0.5) is 5.69 Å². The van der Waals surface area contributed by atoms with Gasteiger partial charge >= 0.3 is 0 Å². The Morgan fingerprint density at radius 1 is 1.27 bits per heavy atom. The molecule has 1 saturated carbocycles. The fourth-order valence-corrected chi connectivity index (χ4v) is 4.08. The number of allylic oxidation sites excluding steroid dienone is 2. The van der Waals surface area contributed by atoms with Crippen LogP contribution in [0, 0.1) is 0 Å². The molecule has 3 aliphatic rings. The maximum absolute atomic E-state index is 4.48. The highest BCUT2D eigenvalue weighted by atomic mass is 15.2. The number of nitrogens with one attached hydrogen (secondary N) is 1. The van der Waals surface area contributed by atoms with Crippen LogP contribution in [0.15, 0.2) is 47.6 Å². The van der Waals surface area contributed by atoms with Gasteiger partial charge in [-0.15, -0.1) is 0 Å². The normalized spacial score (nSPS) is 23.4. The number of aromatic nitrogens is 1. The molecule has 2 aliphatic heterocycles. The van der Waals surface area contributed by atoms with Crippen LogP contribution in [0.3, 0.4) is 0 Å². The molecule has 1 aromatic rings. The molecule has 1 saturated heterocycles. The topological polar surface area (TPSA) is 43.8 Å². The van der Waals surface area contributed by atoms with E-state index < -0.39 is 0 Å². The van der Waals surface area contributed by atoms with Crippen LogP contribution in [0.2, 0.25) is 0 Å². The molecule has 0 spiro atoms. The first-order chi connectivity index (χ1) is 12.6. The lowest BCUT2D eigenvalue weighted by Gasteiger charge is -2.41. The van der Waals surface area contributed by atoms with Gasteiger partial charge < -0.3 is 15.1 Å². The van der Waals surface area contributed by atoms with Crippen molar-refractivity contribution >= 4 is 11.9 Å². The highest BCUT2D eigenvalue weighted by molar-refractivity contribution is 5.78. The maximum atomic E-state index is 4.48. The zero-order valence-electron chi connectivity index (χ0n) is 15.9. The van der Waals surface area contributed by atoms with E-state index in [0.717, 1.165) is 31.6 Å². The van der Waals surface area contributed by atoms with Crippen LogP contribution in [0.25, 0.3) is 0 Å². The number of piperidine rings is 1. The molecule has 5 heteroatoms. The molecule has 1 atom stereocenters. The number of hydrogen-bond acceptors (Lipinski definition) is 5. The summed E-state index contributed by atoms with van der Waals surface area (Å²) in [6, 6.07) is 2.69. The molecule has 1 N–H and O–H groups in total. The number of likely N-dealkylation sites (tertiary alicyclic amines) is 1. The van der Waals surface area contributed by atoms with Gasteiger partial charge in [0.1, 0.15) is 6.17 Å². The summed E-state index contributed by atoms with van der Waals surface area (Å²) < 4.78 is 0. The van der Waals surface area contributed by atoms with Crippen molar-refractivity contribution in [3.05, 3.63) is 48.2 Å². The quantitative estimate of drug-likeness (QED) is 0.880. The first-order valence-corrected chi connectivity index (χ1v) is 9.76. The molecule has 0 aromatic carbocycles. The van der Waals surface area contributed by atoms with Crippen molar-refractivity contribution in [1.29, 1.82) is 0 Å². The van der Waals surface area contributed by atoms with Gasteiger partial charge in [0.25, 0.3) is 0 Å². The summed E-state index contributed by atoms with van der Waals surface area (Å²) in [6.07, 6.45) is 13.1. The zero-order chi connectivity index (χ0) is 18.1. The van der Waals surface area contributed by atoms with Crippen molar-refractivity contribution in [3.63, 3.8) is 0 Å². The number of pyridine rings is 1. The average Bonchev–Trinajstić information content (AvgIpc) is 3.49. The Balaban J connectivity index is 1.48. The fourth-order valence-electron chi connectivity index (χ4n) is 4.08. The minimum atomic E-state index is 0.182. The molecule has 1 aliphatic carbocycles. The molecular formula is C21H29N5. The summed E-state index contributed by atoms with van der Waals surface area (Å²) in [5.41, 5.74) is 5.04. The molecule has 5 nitrogen and oxygen atoms in total. The summed E-state index contributed by atoms with van der Waals surface area (Å²) in [5, 5.41) is 3.30. The lowest BCUT2D eigenvalue weighted by atomic mass is 9.99. The monoisotopic (exact) mass is 351 g/mol. The van der Waals surface area contributed by atoms with Gasteiger partial charge in [0, 0.05) is 43.4 Å². The van der Waals surface area contributed by atoms with Crippen LogP contribution >= 0.6 is 0 Å². The molecule has 0 amide bonds. The number of anilines is 1. The summed E-state index contributed by atoms with van der Waals surface area (Å²) in [6.45, 7) is 10.6. The Morgan fingerprint density at radius 2 is 2.04 bits per heavy atom. The highest BCUT2D eigenvalue weighted by Crippen LogP contribution is 2.45. The van der Waals surface area contributed by atoms with E-state index in [1.165, 1.54) is 29.8 Å². The van der Waals surface area contributed by atoms with Gasteiger partial charge in [0.2, 0.25) is 0 Å². The molecule has 1 aromatic heterocycles. The third-order valence-electron chi connectivity index (χ3n) is 5.62. The van der Waals surface area contributed by atoms with E-state index in [4.69, 9.17) is 0 Å². The van der Waals surface area contributed by atoms with Gasteiger partial charge in [-0.3, -0.25) is 9.98 Å². The van der Waals surface area contributed by atoms with Crippen LogP contribution in [-0.2, 0) is 0 Å². The second kappa shape index (κ2) is 7.14. The van der Waals surface area contributed by atoms with Crippen molar-refractivity contribution in [3.8, 4) is 0 Å². The Kier molecular flexibility index (Phi) is 4.70. The van der Waals surface area contributed by atoms with Crippen LogP contribution < -0.4 is 10.2 Å². The molecule has 3 heterocycles. The molecular weight excluding hydrogens is 322 g/mol. The van der Waals surface area contributed by atoms with Crippen molar-refractivity contribution in [2.75, 3.05) is 18.0 Å². The van der Waals surface area contributed by atoms with Crippen molar-refractivity contribution < 1.29 is 0 Å². The van der Waals surface area contributed by atoms with E-state index in [9.17, 15) is 0 Å². The van der Waals surface area contributed by atoms with Crippen LogP contribution in [0.1, 0.15) is 51.0 Å². The number of aliphatic imine (C=N–C) groups is 1. The SMILES string of the molecule is C=C(C)N(c1cnccc1C1CC1)C1CCN(C2=CNC(C)N=C2)CC1. The van der Waals surface area contributed by atoms with Gasteiger partial charge in [-0.05, 0) is 57.1 Å². The third-order valence-corrected chi connectivity index (χ3v) is 5.62. The van der Waals surface area contributed by atoms with E-state index >= 15 is 0 Å². The van der Waals surface area contributed by atoms with Gasteiger partial charge in [-0.2, -0.15) is 0 Å². The second-order valence-electron chi connectivity index (χ2n) is 7.72. The lowest BCUT2D eigenvalue weighted by molar-refractivity contribution is 0.269. The maximum Gasteiger partial charge on any atom is 0.115 e. The Morgan fingerprint density at radius 3 is 2.65 bits per heavy atom. The van der Waals surface area contributed by atoms with E-state index in [1.54, 1.807) is 0 Å². The predicted octanol–water partition coefficient (Wildman–Crippen LogP) is 3.62. The minimum Gasteiger partial charge on any atom is -0.369 e. The average molecular weight is 351 g/mol. The molecule has 0 radical (unpaired) electrons. The molecule has 1 unspecified atom stereocenters. The van der Waals surface area contributed by atoms with Crippen LogP contribution in [-0.4, -0.2) is 41.4 Å². The van der Waals surface area contributed by atoms with E-state index in [0.29, 0.717) is 12.0 Å². The molecule has 4 rings (SSSR count). The minimum absolute atomic E-state index is 0.182. The first kappa shape index (κ1) is 17.1. The predicted molar refractivity (Wildman–Crippen MR) is 107 cm³/mol. The molecule has 26 heavy (non-hydrogen) atoms. The number of rotatable bonds is 5. The summed E-state index contributed by atoms with van der Waals surface area (Å²) in [4.78, 5) is 13.8. The van der Waals surface area contributed by atoms with E-state index in [2.05, 4.69) is 57.8 Å². The summed E-state index contributed by atoms with van der Waals surface area (Å²) >= 11 is 0. The van der Waals surface area contributed by atoms with Crippen molar-refractivity contribution in [2.24, 2.45) is 4.99 Å². The standard InChI is InChI=1S/C21H29N5/c1-15(2)26(21-14-22-9-6-20(21)17-4-5-17)18-7-10-25(11-8-18)19-12-23-16(3)24-13-19/h6,9,12-14,16-18,23H,1,4-5,7-8,10-11H2,2-3H3. The fraction of sp³-hybridized carbons (Fsp3) is 0.524. The molecule has 0 bridgehead atoms. The molecule has 2 fully saturated rings. The zero-order valence-corrected chi connectivity index (χ0v) is 15.9. The smallest absolute Gasteiger partial charge is 0.115 e. The van der Waals surface area contributed by atoms with Crippen molar-refractivity contribution in [1.82, 2.24) is 15.2 Å². The van der Waals surface area contributed by atoms with E-state index in [1.807, 2.05) is 18.6 Å². The summed E-state index contributed by atoms with van der Waals surface area (Å²) in [7, 11) is 0. The van der Waals surface area contributed by atoms with Gasteiger partial charge in [-0.1, -0.05) is 6.58 Å². The largest absolute Gasteiger partial charge is 0.369 e.